The van der Waals surface area contributed by atoms with Crippen molar-refractivity contribution in [3.05, 3.63) is 18.2 Å². The van der Waals surface area contributed by atoms with Crippen LogP contribution in [0.4, 0.5) is 4.79 Å². The van der Waals surface area contributed by atoms with E-state index in [4.69, 9.17) is 5.11 Å². The molecule has 1 unspecified atom stereocenters. The number of aliphatic carboxylic acids is 1. The molecular weight excluding hydrogens is 248 g/mol. The van der Waals surface area contributed by atoms with Crippen molar-refractivity contribution in [3.8, 4) is 0 Å². The Kier molecular flexibility index (Phi) is 6.42. The SMILES string of the molecule is CCCC(CC(=O)O)NC(=O)NCCc1ncc[nH]1. The van der Waals surface area contributed by atoms with Gasteiger partial charge >= 0.3 is 12.0 Å². The zero-order valence-corrected chi connectivity index (χ0v) is 11.0. The van der Waals surface area contributed by atoms with Crippen LogP contribution in [0.15, 0.2) is 12.4 Å². The predicted molar refractivity (Wildman–Crippen MR) is 69.8 cm³/mol. The highest BCUT2D eigenvalue weighted by atomic mass is 16.4. The normalized spacial score (nSPS) is 11.8. The third kappa shape index (κ3) is 6.44. The Balaban J connectivity index is 2.25. The lowest BCUT2D eigenvalue weighted by molar-refractivity contribution is -0.137. The number of urea groups is 1. The highest BCUT2D eigenvalue weighted by Gasteiger charge is 2.14. The molecule has 0 radical (unpaired) electrons. The van der Waals surface area contributed by atoms with Crippen LogP contribution < -0.4 is 10.6 Å². The standard InChI is InChI=1S/C12H20N4O3/c1-2-3-9(8-11(17)18)16-12(19)15-5-4-10-13-6-7-14-10/h6-7,9H,2-5,8H2,1H3,(H,13,14)(H,17,18)(H2,15,16,19). The maximum Gasteiger partial charge on any atom is 0.315 e. The number of aromatic nitrogens is 2. The molecule has 19 heavy (non-hydrogen) atoms. The van der Waals surface area contributed by atoms with Crippen molar-refractivity contribution in [2.24, 2.45) is 0 Å². The van der Waals surface area contributed by atoms with Gasteiger partial charge in [-0.25, -0.2) is 9.78 Å². The molecular formula is C12H20N4O3. The van der Waals surface area contributed by atoms with Gasteiger partial charge in [0.1, 0.15) is 5.82 Å². The summed E-state index contributed by atoms with van der Waals surface area (Å²) in [5.74, 6) is -0.106. The summed E-state index contributed by atoms with van der Waals surface area (Å²) in [5.41, 5.74) is 0. The van der Waals surface area contributed by atoms with E-state index in [1.54, 1.807) is 12.4 Å². The van der Waals surface area contributed by atoms with Gasteiger partial charge < -0.3 is 20.7 Å². The molecule has 2 amide bonds. The Labute approximate surface area is 111 Å². The Morgan fingerprint density at radius 2 is 2.32 bits per heavy atom. The Morgan fingerprint density at radius 3 is 2.89 bits per heavy atom. The number of carboxylic acids is 1. The van der Waals surface area contributed by atoms with E-state index in [2.05, 4.69) is 20.6 Å². The first kappa shape index (κ1) is 15.0. The van der Waals surface area contributed by atoms with Crippen LogP contribution in [0.5, 0.6) is 0 Å². The van der Waals surface area contributed by atoms with Crippen LogP contribution in [0.1, 0.15) is 32.0 Å². The van der Waals surface area contributed by atoms with E-state index in [0.29, 0.717) is 19.4 Å². The zero-order chi connectivity index (χ0) is 14.1. The molecule has 1 aromatic heterocycles. The van der Waals surface area contributed by atoms with Crippen LogP contribution in [0.2, 0.25) is 0 Å². The van der Waals surface area contributed by atoms with E-state index in [-0.39, 0.29) is 18.5 Å². The molecule has 0 bridgehead atoms. The summed E-state index contributed by atoms with van der Waals surface area (Å²) in [5, 5.41) is 14.1. The van der Waals surface area contributed by atoms with Crippen molar-refractivity contribution in [2.75, 3.05) is 6.54 Å². The smallest absolute Gasteiger partial charge is 0.315 e. The van der Waals surface area contributed by atoms with Crippen molar-refractivity contribution < 1.29 is 14.7 Å². The van der Waals surface area contributed by atoms with E-state index >= 15 is 0 Å². The van der Waals surface area contributed by atoms with Gasteiger partial charge in [-0.2, -0.15) is 0 Å². The first-order valence-corrected chi connectivity index (χ1v) is 6.36. The molecule has 1 rings (SSSR count). The van der Waals surface area contributed by atoms with Gasteiger partial charge in [0.05, 0.1) is 6.42 Å². The van der Waals surface area contributed by atoms with Crippen molar-refractivity contribution in [1.82, 2.24) is 20.6 Å². The molecule has 0 spiro atoms. The lowest BCUT2D eigenvalue weighted by Gasteiger charge is -2.16. The van der Waals surface area contributed by atoms with Crippen LogP contribution >= 0.6 is 0 Å². The largest absolute Gasteiger partial charge is 0.481 e. The Hall–Kier alpha value is -2.05. The first-order chi connectivity index (χ1) is 9.11. The molecule has 0 saturated heterocycles. The van der Waals surface area contributed by atoms with E-state index in [0.717, 1.165) is 12.2 Å². The summed E-state index contributed by atoms with van der Waals surface area (Å²) in [6.45, 7) is 2.40. The predicted octanol–water partition coefficient (Wildman–Crippen LogP) is 0.895. The average molecular weight is 268 g/mol. The van der Waals surface area contributed by atoms with E-state index in [1.165, 1.54) is 0 Å². The quantitative estimate of drug-likeness (QED) is 0.561. The number of carboxylic acid groups (broad SMARTS) is 1. The van der Waals surface area contributed by atoms with Gasteiger partial charge in [-0.15, -0.1) is 0 Å². The van der Waals surface area contributed by atoms with Gasteiger partial charge in [0.15, 0.2) is 0 Å². The van der Waals surface area contributed by atoms with Gasteiger partial charge in [0, 0.05) is 31.4 Å². The Morgan fingerprint density at radius 1 is 1.53 bits per heavy atom. The van der Waals surface area contributed by atoms with Crippen LogP contribution in [0.25, 0.3) is 0 Å². The molecule has 0 aliphatic carbocycles. The lowest BCUT2D eigenvalue weighted by Crippen LogP contribution is -2.43. The molecule has 0 aliphatic heterocycles. The number of nitrogens with zero attached hydrogens (tertiary/aromatic N) is 1. The highest BCUT2D eigenvalue weighted by Crippen LogP contribution is 2.01. The fraction of sp³-hybridized carbons (Fsp3) is 0.583. The molecule has 4 N–H and O–H groups in total. The van der Waals surface area contributed by atoms with Gasteiger partial charge in [-0.1, -0.05) is 13.3 Å². The van der Waals surface area contributed by atoms with Gasteiger partial charge in [-0.05, 0) is 6.42 Å². The van der Waals surface area contributed by atoms with E-state index < -0.39 is 5.97 Å². The van der Waals surface area contributed by atoms with Crippen LogP contribution in [0.3, 0.4) is 0 Å². The molecule has 1 aromatic rings. The third-order valence-electron chi connectivity index (χ3n) is 2.60. The number of rotatable bonds is 8. The summed E-state index contributed by atoms with van der Waals surface area (Å²) in [6.07, 6.45) is 5.40. The van der Waals surface area contributed by atoms with Crippen molar-refractivity contribution in [3.63, 3.8) is 0 Å². The van der Waals surface area contributed by atoms with Crippen LogP contribution in [-0.4, -0.2) is 39.7 Å². The summed E-state index contributed by atoms with van der Waals surface area (Å²) < 4.78 is 0. The monoisotopic (exact) mass is 268 g/mol. The number of imidazole rings is 1. The number of aromatic amines is 1. The summed E-state index contributed by atoms with van der Waals surface area (Å²) in [4.78, 5) is 29.2. The van der Waals surface area contributed by atoms with Crippen molar-refractivity contribution in [1.29, 1.82) is 0 Å². The summed E-state index contributed by atoms with van der Waals surface area (Å²) in [6, 6.07) is -0.669. The lowest BCUT2D eigenvalue weighted by atomic mass is 10.1. The van der Waals surface area contributed by atoms with Gasteiger partial charge in [0.25, 0.3) is 0 Å². The molecule has 106 valence electrons. The van der Waals surface area contributed by atoms with E-state index in [1.807, 2.05) is 6.92 Å². The molecule has 7 nitrogen and oxygen atoms in total. The van der Waals surface area contributed by atoms with Gasteiger partial charge in [0.2, 0.25) is 0 Å². The Bertz CT molecular complexity index is 392. The van der Waals surface area contributed by atoms with Crippen molar-refractivity contribution >= 4 is 12.0 Å². The molecule has 0 saturated carbocycles. The number of hydrogen-bond acceptors (Lipinski definition) is 3. The maximum absolute atomic E-state index is 11.6. The van der Waals surface area contributed by atoms with E-state index in [9.17, 15) is 9.59 Å². The highest BCUT2D eigenvalue weighted by molar-refractivity contribution is 5.75. The molecule has 0 fully saturated rings. The number of carbonyl (C=O) groups excluding carboxylic acids is 1. The average Bonchev–Trinajstić information content (AvgIpc) is 2.81. The minimum atomic E-state index is -0.908. The number of nitrogens with one attached hydrogen (secondary N) is 3. The fourth-order valence-electron chi connectivity index (χ4n) is 1.75. The second-order valence-corrected chi connectivity index (χ2v) is 4.27. The second-order valence-electron chi connectivity index (χ2n) is 4.27. The number of H-pyrrole nitrogens is 1. The minimum Gasteiger partial charge on any atom is -0.481 e. The molecule has 1 heterocycles. The summed E-state index contributed by atoms with van der Waals surface area (Å²) >= 11 is 0. The number of hydrogen-bond donors (Lipinski definition) is 4. The maximum atomic E-state index is 11.6. The zero-order valence-electron chi connectivity index (χ0n) is 11.0. The van der Waals surface area contributed by atoms with Crippen LogP contribution in [0, 0.1) is 0 Å². The number of amides is 2. The summed E-state index contributed by atoms with van der Waals surface area (Å²) in [7, 11) is 0. The van der Waals surface area contributed by atoms with Gasteiger partial charge in [-0.3, -0.25) is 4.79 Å². The van der Waals surface area contributed by atoms with Crippen LogP contribution in [-0.2, 0) is 11.2 Å². The topological polar surface area (TPSA) is 107 Å². The third-order valence-corrected chi connectivity index (χ3v) is 2.60. The molecule has 0 aliphatic rings. The van der Waals surface area contributed by atoms with Crippen molar-refractivity contribution in [2.45, 2.75) is 38.6 Å². The molecule has 1 atom stereocenters. The fourth-order valence-corrected chi connectivity index (χ4v) is 1.75. The molecule has 7 heteroatoms. The first-order valence-electron chi connectivity index (χ1n) is 6.36. The molecule has 0 aromatic carbocycles. The second kappa shape index (κ2) is 8.12. The minimum absolute atomic E-state index is 0.0561. The number of carbonyl (C=O) groups is 2.